The number of alkyl halides is 2. The second kappa shape index (κ2) is 8.10. The van der Waals surface area contributed by atoms with Crippen LogP contribution in [0, 0.1) is 5.82 Å². The maximum Gasteiger partial charge on any atom is 0.256 e. The van der Waals surface area contributed by atoms with Gasteiger partial charge in [0, 0.05) is 11.6 Å². The summed E-state index contributed by atoms with van der Waals surface area (Å²) < 4.78 is 42.7. The minimum absolute atomic E-state index is 0.106. The van der Waals surface area contributed by atoms with Crippen LogP contribution in [0.3, 0.4) is 0 Å². The molecule has 1 fully saturated rings. The number of halogens is 3. The highest BCUT2D eigenvalue weighted by Gasteiger charge is 2.24. The Balaban J connectivity index is 1.57. The van der Waals surface area contributed by atoms with E-state index in [2.05, 4.69) is 20.4 Å². The molecule has 0 atom stereocenters. The molecule has 164 valence electrons. The first-order valence-corrected chi connectivity index (χ1v) is 10.2. The van der Waals surface area contributed by atoms with Crippen molar-refractivity contribution in [2.45, 2.75) is 38.3 Å². The standard InChI is InChI=1S/C22H19F3N6O/c23-14-3-1-13(2-4-14)21-22(30(12-27-21)11-18(24)25)17-7-8-19-26-10-16(31(19)29-17)9-20(32)28-15-5-6-15/h1-4,7-8,10,12,15,18H,5-6,9,11H2,(H,28,32). The van der Waals surface area contributed by atoms with E-state index >= 15 is 0 Å². The summed E-state index contributed by atoms with van der Waals surface area (Å²) in [5, 5.41) is 7.52. The third-order valence-electron chi connectivity index (χ3n) is 5.25. The lowest BCUT2D eigenvalue weighted by Gasteiger charge is -2.11. The number of amides is 1. The number of fused-ring (bicyclic) bond motifs is 1. The Labute approximate surface area is 180 Å². The van der Waals surface area contributed by atoms with E-state index in [1.807, 2.05) is 0 Å². The molecule has 0 aliphatic heterocycles. The molecule has 0 spiro atoms. The Morgan fingerprint density at radius 1 is 1.12 bits per heavy atom. The average Bonchev–Trinajstić information content (AvgIpc) is 3.34. The molecule has 0 saturated heterocycles. The van der Waals surface area contributed by atoms with Crippen LogP contribution >= 0.6 is 0 Å². The lowest BCUT2D eigenvalue weighted by molar-refractivity contribution is -0.120. The van der Waals surface area contributed by atoms with E-state index in [1.54, 1.807) is 18.3 Å². The quantitative estimate of drug-likeness (QED) is 0.477. The Bertz CT molecular complexity index is 1280. The first-order chi connectivity index (χ1) is 15.5. The predicted molar refractivity (Wildman–Crippen MR) is 110 cm³/mol. The molecule has 1 aromatic carbocycles. The van der Waals surface area contributed by atoms with Crippen LogP contribution in [0.15, 0.2) is 48.9 Å². The molecule has 1 N–H and O–H groups in total. The maximum absolute atomic E-state index is 13.4. The third-order valence-corrected chi connectivity index (χ3v) is 5.25. The molecule has 32 heavy (non-hydrogen) atoms. The molecule has 5 rings (SSSR count). The van der Waals surface area contributed by atoms with E-state index in [9.17, 15) is 18.0 Å². The Morgan fingerprint density at radius 3 is 2.62 bits per heavy atom. The molecular weight excluding hydrogens is 421 g/mol. The van der Waals surface area contributed by atoms with Crippen LogP contribution in [0.25, 0.3) is 28.3 Å². The third kappa shape index (κ3) is 4.08. The predicted octanol–water partition coefficient (Wildman–Crippen LogP) is 3.49. The van der Waals surface area contributed by atoms with E-state index in [-0.39, 0.29) is 18.4 Å². The fourth-order valence-electron chi connectivity index (χ4n) is 3.60. The molecule has 1 aliphatic rings. The van der Waals surface area contributed by atoms with Crippen molar-refractivity contribution in [3.05, 3.63) is 60.4 Å². The van der Waals surface area contributed by atoms with E-state index in [1.165, 1.54) is 39.7 Å². The van der Waals surface area contributed by atoms with Crippen molar-refractivity contribution in [3.8, 4) is 22.6 Å². The van der Waals surface area contributed by atoms with Crippen molar-refractivity contribution in [1.82, 2.24) is 29.5 Å². The second-order valence-corrected chi connectivity index (χ2v) is 7.75. The number of aromatic nitrogens is 5. The highest BCUT2D eigenvalue weighted by molar-refractivity contribution is 5.79. The molecule has 10 heteroatoms. The summed E-state index contributed by atoms with van der Waals surface area (Å²) in [4.78, 5) is 20.8. The van der Waals surface area contributed by atoms with Gasteiger partial charge in [0.1, 0.15) is 11.5 Å². The van der Waals surface area contributed by atoms with Crippen molar-refractivity contribution in [1.29, 1.82) is 0 Å². The van der Waals surface area contributed by atoms with Crippen LogP contribution in [0.5, 0.6) is 0 Å². The minimum atomic E-state index is -2.59. The number of nitrogens with zero attached hydrogens (tertiary/aromatic N) is 5. The molecule has 1 aliphatic carbocycles. The number of hydrogen-bond donors (Lipinski definition) is 1. The van der Waals surface area contributed by atoms with Crippen molar-refractivity contribution in [3.63, 3.8) is 0 Å². The van der Waals surface area contributed by atoms with Crippen LogP contribution < -0.4 is 5.32 Å². The minimum Gasteiger partial charge on any atom is -0.353 e. The number of carbonyl (C=O) groups excluding carboxylic acids is 1. The first-order valence-electron chi connectivity index (χ1n) is 10.2. The number of benzene rings is 1. The van der Waals surface area contributed by atoms with Crippen LogP contribution in [0.1, 0.15) is 18.5 Å². The zero-order valence-corrected chi connectivity index (χ0v) is 16.9. The van der Waals surface area contributed by atoms with Gasteiger partial charge in [-0.25, -0.2) is 27.7 Å². The Morgan fingerprint density at radius 2 is 1.91 bits per heavy atom. The van der Waals surface area contributed by atoms with E-state index in [4.69, 9.17) is 0 Å². The van der Waals surface area contributed by atoms with Gasteiger partial charge >= 0.3 is 0 Å². The molecule has 1 amide bonds. The van der Waals surface area contributed by atoms with Gasteiger partial charge in [0.2, 0.25) is 5.91 Å². The number of carbonyl (C=O) groups is 1. The summed E-state index contributed by atoms with van der Waals surface area (Å²) >= 11 is 0. The largest absolute Gasteiger partial charge is 0.353 e. The van der Waals surface area contributed by atoms with Gasteiger partial charge in [0.05, 0.1) is 42.6 Å². The zero-order chi connectivity index (χ0) is 22.2. The molecule has 0 bridgehead atoms. The Kier molecular flexibility index (Phi) is 5.12. The molecule has 1 saturated carbocycles. The van der Waals surface area contributed by atoms with Crippen LogP contribution in [0.2, 0.25) is 0 Å². The van der Waals surface area contributed by atoms with Gasteiger partial charge in [0.15, 0.2) is 5.65 Å². The fourth-order valence-corrected chi connectivity index (χ4v) is 3.60. The SMILES string of the molecule is O=C(Cc1cnc2ccc(-c3c(-c4ccc(F)cc4)ncn3CC(F)F)nn12)NC1CC1. The normalized spacial score (nSPS) is 13.8. The summed E-state index contributed by atoms with van der Waals surface area (Å²) in [5.41, 5.74) is 2.86. The molecule has 4 aromatic rings. The summed E-state index contributed by atoms with van der Waals surface area (Å²) in [6.07, 6.45) is 2.39. The number of rotatable bonds is 7. The van der Waals surface area contributed by atoms with Gasteiger partial charge < -0.3 is 9.88 Å². The number of nitrogens with one attached hydrogen (secondary N) is 1. The summed E-state index contributed by atoms with van der Waals surface area (Å²) in [7, 11) is 0. The fraction of sp³-hybridized carbons (Fsp3) is 0.273. The molecule has 7 nitrogen and oxygen atoms in total. The first kappa shape index (κ1) is 20.2. The highest BCUT2D eigenvalue weighted by Crippen LogP contribution is 2.31. The summed E-state index contributed by atoms with van der Waals surface area (Å²) in [6, 6.07) is 9.27. The topological polar surface area (TPSA) is 77.1 Å². The van der Waals surface area contributed by atoms with Crippen molar-refractivity contribution in [2.24, 2.45) is 0 Å². The van der Waals surface area contributed by atoms with Crippen molar-refractivity contribution < 1.29 is 18.0 Å². The van der Waals surface area contributed by atoms with Gasteiger partial charge in [-0.05, 0) is 49.2 Å². The molecule has 0 unspecified atom stereocenters. The lowest BCUT2D eigenvalue weighted by Crippen LogP contribution is -2.27. The molecule has 0 radical (unpaired) electrons. The Hall–Kier alpha value is -3.69. The zero-order valence-electron chi connectivity index (χ0n) is 16.9. The van der Waals surface area contributed by atoms with Gasteiger partial charge in [-0.1, -0.05) is 0 Å². The monoisotopic (exact) mass is 440 g/mol. The number of hydrogen-bond acceptors (Lipinski definition) is 4. The van der Waals surface area contributed by atoms with E-state index in [0.717, 1.165) is 12.8 Å². The van der Waals surface area contributed by atoms with Crippen LogP contribution in [-0.2, 0) is 17.8 Å². The summed E-state index contributed by atoms with van der Waals surface area (Å²) in [6.45, 7) is -0.566. The van der Waals surface area contributed by atoms with Gasteiger partial charge in [-0.3, -0.25) is 4.79 Å². The second-order valence-electron chi connectivity index (χ2n) is 7.75. The van der Waals surface area contributed by atoms with Gasteiger partial charge in [-0.2, -0.15) is 5.10 Å². The number of imidazole rings is 2. The average molecular weight is 440 g/mol. The van der Waals surface area contributed by atoms with E-state index in [0.29, 0.717) is 34.0 Å². The molecule has 3 aromatic heterocycles. The molecular formula is C22H19F3N6O. The van der Waals surface area contributed by atoms with Gasteiger partial charge in [0.25, 0.3) is 6.43 Å². The summed E-state index contributed by atoms with van der Waals surface area (Å²) in [5.74, 6) is -0.523. The van der Waals surface area contributed by atoms with Crippen molar-refractivity contribution in [2.75, 3.05) is 0 Å². The van der Waals surface area contributed by atoms with Crippen molar-refractivity contribution >= 4 is 11.6 Å². The smallest absolute Gasteiger partial charge is 0.256 e. The molecule has 3 heterocycles. The maximum atomic E-state index is 13.4. The highest BCUT2D eigenvalue weighted by atomic mass is 19.3. The van der Waals surface area contributed by atoms with Crippen LogP contribution in [0.4, 0.5) is 13.2 Å². The van der Waals surface area contributed by atoms with Gasteiger partial charge in [-0.15, -0.1) is 0 Å². The van der Waals surface area contributed by atoms with E-state index < -0.39 is 18.8 Å². The van der Waals surface area contributed by atoms with Crippen LogP contribution in [-0.4, -0.2) is 42.5 Å². The lowest BCUT2D eigenvalue weighted by atomic mass is 10.1.